The van der Waals surface area contributed by atoms with E-state index in [0.29, 0.717) is 42.4 Å². The van der Waals surface area contributed by atoms with Crippen LogP contribution in [0.2, 0.25) is 0 Å². The molecule has 0 saturated heterocycles. The van der Waals surface area contributed by atoms with Gasteiger partial charge in [0, 0.05) is 23.7 Å². The maximum atomic E-state index is 13.0. The monoisotopic (exact) mass is 428 g/mol. The van der Waals surface area contributed by atoms with Crippen LogP contribution in [0, 0.1) is 18.3 Å². The molecule has 1 aliphatic rings. The van der Waals surface area contributed by atoms with Gasteiger partial charge in [-0.2, -0.15) is 4.72 Å². The molecule has 2 aromatic rings. The van der Waals surface area contributed by atoms with E-state index in [1.54, 1.807) is 44.2 Å². The van der Waals surface area contributed by atoms with Gasteiger partial charge in [0.1, 0.15) is 6.04 Å². The van der Waals surface area contributed by atoms with E-state index >= 15 is 0 Å². The molecule has 1 atom stereocenters. The molecule has 1 unspecified atom stereocenters. The summed E-state index contributed by atoms with van der Waals surface area (Å²) >= 11 is 0. The molecule has 7 nitrogen and oxygen atoms in total. The van der Waals surface area contributed by atoms with Crippen molar-refractivity contribution in [2.75, 3.05) is 18.5 Å². The molecule has 30 heavy (non-hydrogen) atoms. The first-order valence-electron chi connectivity index (χ1n) is 9.59. The molecule has 0 fully saturated rings. The van der Waals surface area contributed by atoms with Crippen LogP contribution in [-0.4, -0.2) is 33.6 Å². The number of sulfonamides is 1. The summed E-state index contributed by atoms with van der Waals surface area (Å²) in [4.78, 5) is 12.8. The van der Waals surface area contributed by atoms with Crippen LogP contribution in [0.15, 0.2) is 47.4 Å². The zero-order valence-electron chi connectivity index (χ0n) is 16.8. The van der Waals surface area contributed by atoms with Crippen molar-refractivity contribution in [2.45, 2.75) is 31.2 Å². The van der Waals surface area contributed by atoms with Crippen molar-refractivity contribution in [1.29, 1.82) is 0 Å². The highest BCUT2D eigenvalue weighted by atomic mass is 32.2. The predicted molar refractivity (Wildman–Crippen MR) is 114 cm³/mol. The van der Waals surface area contributed by atoms with Crippen LogP contribution in [-0.2, 0) is 14.8 Å². The number of anilines is 1. The van der Waals surface area contributed by atoms with Gasteiger partial charge in [0.15, 0.2) is 11.5 Å². The molecule has 158 valence electrons. The highest BCUT2D eigenvalue weighted by molar-refractivity contribution is 7.89. The molecule has 8 heteroatoms. The van der Waals surface area contributed by atoms with Crippen LogP contribution < -0.4 is 19.5 Å². The second-order valence-corrected chi connectivity index (χ2v) is 8.93. The fourth-order valence-corrected chi connectivity index (χ4v) is 4.30. The summed E-state index contributed by atoms with van der Waals surface area (Å²) in [5, 5.41) is 2.72. The van der Waals surface area contributed by atoms with Crippen LogP contribution in [0.5, 0.6) is 11.5 Å². The molecule has 0 radical (unpaired) electrons. The zero-order valence-corrected chi connectivity index (χ0v) is 17.7. The second kappa shape index (κ2) is 9.20. The lowest BCUT2D eigenvalue weighted by atomic mass is 10.0. The van der Waals surface area contributed by atoms with Gasteiger partial charge in [0.2, 0.25) is 15.9 Å². The Kier molecular flexibility index (Phi) is 6.65. The van der Waals surface area contributed by atoms with Gasteiger partial charge < -0.3 is 14.8 Å². The molecule has 0 bridgehead atoms. The highest BCUT2D eigenvalue weighted by Crippen LogP contribution is 2.32. The number of hydrogen-bond acceptors (Lipinski definition) is 5. The number of carbonyl (C=O) groups excluding carboxylic acids is 1. The maximum Gasteiger partial charge on any atom is 0.242 e. The molecule has 2 N–H and O–H groups in total. The molecule has 1 amide bonds. The minimum Gasteiger partial charge on any atom is -0.490 e. The van der Waals surface area contributed by atoms with Crippen LogP contribution in [0.4, 0.5) is 5.69 Å². The summed E-state index contributed by atoms with van der Waals surface area (Å²) < 4.78 is 39.5. The number of rotatable bonds is 6. The van der Waals surface area contributed by atoms with Gasteiger partial charge >= 0.3 is 0 Å². The third-order valence-electron chi connectivity index (χ3n) is 4.56. The van der Waals surface area contributed by atoms with Crippen LogP contribution >= 0.6 is 0 Å². The fraction of sp³-hybridized carbons (Fsp3) is 0.318. The Morgan fingerprint density at radius 3 is 2.53 bits per heavy atom. The van der Waals surface area contributed by atoms with Crippen LogP contribution in [0.1, 0.15) is 25.8 Å². The van der Waals surface area contributed by atoms with E-state index in [-0.39, 0.29) is 10.8 Å². The molecule has 1 heterocycles. The van der Waals surface area contributed by atoms with Crippen LogP contribution in [0.3, 0.4) is 0 Å². The SMILES string of the molecule is C#Cc1cccc(NC(=O)C(NS(=O)(=O)c2ccc3c(c2)OCCCO3)C(C)C)c1. The molecule has 3 rings (SSSR count). The lowest BCUT2D eigenvalue weighted by Gasteiger charge is -2.22. The van der Waals surface area contributed by atoms with Crippen molar-refractivity contribution in [1.82, 2.24) is 4.72 Å². The minimum atomic E-state index is -3.98. The number of amides is 1. The summed E-state index contributed by atoms with van der Waals surface area (Å²) in [7, 11) is -3.98. The Hall–Kier alpha value is -3.02. The standard InChI is InChI=1S/C22H24N2O5S/c1-4-16-7-5-8-17(13-16)23-22(25)21(15(2)3)24-30(26,27)18-9-10-19-20(14-18)29-12-6-11-28-19/h1,5,7-10,13-15,21,24H,6,11-12H2,2-3H3,(H,23,25). The highest BCUT2D eigenvalue weighted by Gasteiger charge is 2.29. The van der Waals surface area contributed by atoms with Crippen molar-refractivity contribution in [3.05, 3.63) is 48.0 Å². The van der Waals surface area contributed by atoms with Crippen LogP contribution in [0.25, 0.3) is 0 Å². The number of hydrogen-bond donors (Lipinski definition) is 2. The fourth-order valence-electron chi connectivity index (χ4n) is 2.95. The van der Waals surface area contributed by atoms with Crippen molar-refractivity contribution in [3.8, 4) is 23.8 Å². The zero-order chi connectivity index (χ0) is 21.7. The van der Waals surface area contributed by atoms with Gasteiger partial charge in [-0.05, 0) is 36.2 Å². The van der Waals surface area contributed by atoms with E-state index in [4.69, 9.17) is 15.9 Å². The first-order chi connectivity index (χ1) is 14.3. The Morgan fingerprint density at radius 1 is 1.10 bits per heavy atom. The number of carbonyl (C=O) groups is 1. The van der Waals surface area contributed by atoms with E-state index in [2.05, 4.69) is 16.0 Å². The van der Waals surface area contributed by atoms with Gasteiger partial charge in [-0.3, -0.25) is 4.79 Å². The lowest BCUT2D eigenvalue weighted by Crippen LogP contribution is -2.47. The summed E-state index contributed by atoms with van der Waals surface area (Å²) in [5.74, 6) is 2.59. The predicted octanol–water partition coefficient (Wildman–Crippen LogP) is 2.77. The summed E-state index contributed by atoms with van der Waals surface area (Å²) in [6.45, 7) is 4.47. The molecule has 0 saturated carbocycles. The van der Waals surface area contributed by atoms with Gasteiger partial charge in [-0.15, -0.1) is 6.42 Å². The van der Waals surface area contributed by atoms with Crippen molar-refractivity contribution in [3.63, 3.8) is 0 Å². The van der Waals surface area contributed by atoms with E-state index < -0.39 is 22.0 Å². The second-order valence-electron chi connectivity index (χ2n) is 7.22. The first kappa shape index (κ1) is 21.7. The Bertz CT molecular complexity index is 1070. The smallest absolute Gasteiger partial charge is 0.242 e. The van der Waals surface area contributed by atoms with E-state index in [1.807, 2.05) is 0 Å². The van der Waals surface area contributed by atoms with Crippen molar-refractivity contribution < 1.29 is 22.7 Å². The number of ether oxygens (including phenoxy) is 2. The average molecular weight is 429 g/mol. The Morgan fingerprint density at radius 2 is 1.83 bits per heavy atom. The summed E-state index contributed by atoms with van der Waals surface area (Å²) in [6.07, 6.45) is 6.10. The lowest BCUT2D eigenvalue weighted by molar-refractivity contribution is -0.118. The van der Waals surface area contributed by atoms with E-state index in [1.165, 1.54) is 12.1 Å². The Balaban J connectivity index is 1.80. The Labute approximate surface area is 176 Å². The number of nitrogens with one attached hydrogen (secondary N) is 2. The number of terminal acetylenes is 1. The van der Waals surface area contributed by atoms with Gasteiger partial charge in [0.25, 0.3) is 0 Å². The summed E-state index contributed by atoms with van der Waals surface area (Å²) in [5.41, 5.74) is 1.11. The molecular weight excluding hydrogens is 404 g/mol. The normalized spacial score (nSPS) is 14.5. The number of benzene rings is 2. The third-order valence-corrected chi connectivity index (χ3v) is 6.00. The molecule has 0 aliphatic carbocycles. The topological polar surface area (TPSA) is 93.7 Å². The van der Waals surface area contributed by atoms with Gasteiger partial charge in [-0.25, -0.2) is 8.42 Å². The molecule has 0 spiro atoms. The minimum absolute atomic E-state index is 0.000436. The summed E-state index contributed by atoms with van der Waals surface area (Å²) in [6, 6.07) is 10.2. The third kappa shape index (κ3) is 5.12. The quantitative estimate of drug-likeness (QED) is 0.690. The first-order valence-corrected chi connectivity index (χ1v) is 11.1. The van der Waals surface area contributed by atoms with E-state index in [9.17, 15) is 13.2 Å². The van der Waals surface area contributed by atoms with Gasteiger partial charge in [-0.1, -0.05) is 25.8 Å². The molecular formula is C22H24N2O5S. The molecule has 0 aromatic heterocycles. The molecule has 2 aromatic carbocycles. The van der Waals surface area contributed by atoms with Crippen molar-refractivity contribution >= 4 is 21.6 Å². The van der Waals surface area contributed by atoms with Gasteiger partial charge in [0.05, 0.1) is 18.1 Å². The van der Waals surface area contributed by atoms with Crippen molar-refractivity contribution in [2.24, 2.45) is 5.92 Å². The molecule has 1 aliphatic heterocycles. The largest absolute Gasteiger partial charge is 0.490 e. The number of fused-ring (bicyclic) bond motifs is 1. The maximum absolute atomic E-state index is 13.0. The average Bonchev–Trinajstić information content (AvgIpc) is 2.96. The van der Waals surface area contributed by atoms with E-state index in [0.717, 1.165) is 0 Å².